The number of rotatable bonds is 4. The number of nitrogens with zero attached hydrogens (tertiary/aromatic N) is 3. The van der Waals surface area contributed by atoms with Crippen molar-refractivity contribution in [1.29, 1.82) is 0 Å². The molecule has 0 bridgehead atoms. The number of hydrogen-bond acceptors (Lipinski definition) is 4. The molecule has 0 saturated heterocycles. The van der Waals surface area contributed by atoms with Crippen LogP contribution in [0.4, 0.5) is 0 Å². The predicted molar refractivity (Wildman–Crippen MR) is 78.2 cm³/mol. The van der Waals surface area contributed by atoms with Gasteiger partial charge in [-0.05, 0) is 18.6 Å². The normalized spacial score (nSPS) is 11.1. The van der Waals surface area contributed by atoms with E-state index in [0.29, 0.717) is 19.6 Å². The molecule has 0 radical (unpaired) electrons. The Labute approximate surface area is 120 Å². The molecule has 0 spiro atoms. The van der Waals surface area contributed by atoms with E-state index in [1.54, 1.807) is 10.8 Å². The van der Waals surface area contributed by atoms with Crippen LogP contribution in [0, 0.1) is 0 Å². The number of esters is 1. The van der Waals surface area contributed by atoms with Crippen molar-refractivity contribution in [3.63, 3.8) is 0 Å². The van der Waals surface area contributed by atoms with Gasteiger partial charge in [-0.2, -0.15) is 9.61 Å². The number of benzene rings is 1. The molecule has 0 saturated carbocycles. The molecular weight excluding hydrogens is 270 g/mol. The van der Waals surface area contributed by atoms with E-state index in [9.17, 15) is 9.59 Å². The summed E-state index contributed by atoms with van der Waals surface area (Å²) in [5.41, 5.74) is 1.47. The molecular formula is C15H15N3O3. The molecule has 6 nitrogen and oxygen atoms in total. The third-order valence-corrected chi connectivity index (χ3v) is 3.36. The molecule has 0 aliphatic rings. The third kappa shape index (κ3) is 2.40. The van der Waals surface area contributed by atoms with Crippen LogP contribution in [0.5, 0.6) is 0 Å². The van der Waals surface area contributed by atoms with Gasteiger partial charge in [-0.1, -0.05) is 18.2 Å². The molecule has 3 rings (SSSR count). The number of hydrogen-bond donors (Lipinski definition) is 0. The Bertz CT molecular complexity index is 863. The van der Waals surface area contributed by atoms with Crippen LogP contribution in [0.3, 0.4) is 0 Å². The Morgan fingerprint density at radius 1 is 1.24 bits per heavy atom. The van der Waals surface area contributed by atoms with Gasteiger partial charge >= 0.3 is 11.7 Å². The molecule has 108 valence electrons. The van der Waals surface area contributed by atoms with Gasteiger partial charge in [0, 0.05) is 18.9 Å². The third-order valence-electron chi connectivity index (χ3n) is 3.36. The van der Waals surface area contributed by atoms with Gasteiger partial charge in [0.2, 0.25) is 0 Å². The molecule has 0 fully saturated rings. The Hall–Kier alpha value is -2.63. The van der Waals surface area contributed by atoms with Gasteiger partial charge in [0.1, 0.15) is 0 Å². The van der Waals surface area contributed by atoms with E-state index in [1.807, 2.05) is 30.3 Å². The fraction of sp³-hybridized carbons (Fsp3) is 0.267. The number of ether oxygens (including phenoxy) is 1. The number of fused-ring (bicyclic) bond motifs is 3. The first-order valence-corrected chi connectivity index (χ1v) is 6.77. The van der Waals surface area contributed by atoms with Crippen LogP contribution in [-0.4, -0.2) is 26.8 Å². The second kappa shape index (κ2) is 5.40. The molecule has 2 heterocycles. The molecule has 6 heteroatoms. The van der Waals surface area contributed by atoms with Gasteiger partial charge in [-0.3, -0.25) is 9.36 Å². The minimum Gasteiger partial charge on any atom is -0.466 e. The summed E-state index contributed by atoms with van der Waals surface area (Å²) in [5, 5.41) is 5.06. The molecule has 0 aliphatic heterocycles. The van der Waals surface area contributed by atoms with Crippen molar-refractivity contribution in [2.75, 3.05) is 6.61 Å². The smallest absolute Gasteiger partial charge is 0.349 e. The standard InChI is InChI=1S/C15H15N3O3/c1-11(19)21-10-4-9-17-13-6-3-2-5-12(13)14-7-8-16-18(14)15(17)20/h2-3,5-8H,4,9-10H2,1H3. The van der Waals surface area contributed by atoms with Crippen LogP contribution < -0.4 is 5.69 Å². The van der Waals surface area contributed by atoms with Crippen LogP contribution in [-0.2, 0) is 16.1 Å². The van der Waals surface area contributed by atoms with Gasteiger partial charge in [0.25, 0.3) is 0 Å². The second-order valence-electron chi connectivity index (χ2n) is 4.77. The van der Waals surface area contributed by atoms with Crippen molar-refractivity contribution in [3.8, 4) is 0 Å². The summed E-state index contributed by atoms with van der Waals surface area (Å²) in [4.78, 5) is 23.3. The number of carbonyl (C=O) groups excluding carboxylic acids is 1. The number of para-hydroxylation sites is 1. The van der Waals surface area contributed by atoms with E-state index in [2.05, 4.69) is 5.10 Å². The van der Waals surface area contributed by atoms with E-state index in [4.69, 9.17) is 4.74 Å². The summed E-state index contributed by atoms with van der Waals surface area (Å²) >= 11 is 0. The van der Waals surface area contributed by atoms with Crippen molar-refractivity contribution >= 4 is 22.4 Å². The van der Waals surface area contributed by atoms with Gasteiger partial charge in [0.05, 0.1) is 23.8 Å². The maximum Gasteiger partial charge on any atom is 0.349 e. The lowest BCUT2D eigenvalue weighted by Gasteiger charge is -2.11. The van der Waals surface area contributed by atoms with Gasteiger partial charge in [0.15, 0.2) is 0 Å². The highest BCUT2D eigenvalue weighted by molar-refractivity contribution is 5.93. The lowest BCUT2D eigenvalue weighted by Crippen LogP contribution is -2.28. The summed E-state index contributed by atoms with van der Waals surface area (Å²) in [7, 11) is 0. The second-order valence-corrected chi connectivity index (χ2v) is 4.77. The highest BCUT2D eigenvalue weighted by Crippen LogP contribution is 2.17. The summed E-state index contributed by atoms with van der Waals surface area (Å²) in [6.45, 7) is 2.15. The highest BCUT2D eigenvalue weighted by Gasteiger charge is 2.10. The summed E-state index contributed by atoms with van der Waals surface area (Å²) in [6.07, 6.45) is 2.20. The van der Waals surface area contributed by atoms with Gasteiger partial charge in [-0.15, -0.1) is 0 Å². The molecule has 1 aromatic carbocycles. The average Bonchev–Trinajstić information content (AvgIpc) is 2.96. The molecule has 0 atom stereocenters. The van der Waals surface area contributed by atoms with Gasteiger partial charge < -0.3 is 4.74 Å². The monoisotopic (exact) mass is 285 g/mol. The van der Waals surface area contributed by atoms with Crippen LogP contribution in [0.25, 0.3) is 16.4 Å². The quantitative estimate of drug-likeness (QED) is 0.539. The fourth-order valence-electron chi connectivity index (χ4n) is 2.46. The van der Waals surface area contributed by atoms with E-state index in [-0.39, 0.29) is 11.7 Å². The molecule has 0 N–H and O–H groups in total. The first-order chi connectivity index (χ1) is 10.2. The lowest BCUT2D eigenvalue weighted by atomic mass is 10.2. The molecule has 0 aliphatic carbocycles. The molecule has 21 heavy (non-hydrogen) atoms. The Balaban J connectivity index is 2.04. The highest BCUT2D eigenvalue weighted by atomic mass is 16.5. The zero-order valence-corrected chi connectivity index (χ0v) is 11.7. The largest absolute Gasteiger partial charge is 0.466 e. The Morgan fingerprint density at radius 3 is 2.86 bits per heavy atom. The lowest BCUT2D eigenvalue weighted by molar-refractivity contribution is -0.141. The summed E-state index contributed by atoms with van der Waals surface area (Å²) in [5.74, 6) is -0.310. The molecule has 2 aromatic heterocycles. The van der Waals surface area contributed by atoms with Crippen LogP contribution in [0.15, 0.2) is 41.3 Å². The summed E-state index contributed by atoms with van der Waals surface area (Å²) in [6, 6.07) is 9.54. The van der Waals surface area contributed by atoms with E-state index in [0.717, 1.165) is 16.4 Å². The number of carbonyl (C=O) groups is 1. The predicted octanol–water partition coefficient (Wildman–Crippen LogP) is 1.60. The Kier molecular flexibility index (Phi) is 3.43. The van der Waals surface area contributed by atoms with E-state index < -0.39 is 0 Å². The average molecular weight is 285 g/mol. The van der Waals surface area contributed by atoms with Crippen molar-refractivity contribution < 1.29 is 9.53 Å². The summed E-state index contributed by atoms with van der Waals surface area (Å²) < 4.78 is 7.97. The zero-order chi connectivity index (χ0) is 14.8. The molecule has 3 aromatic rings. The van der Waals surface area contributed by atoms with Crippen molar-refractivity contribution in [3.05, 3.63) is 47.0 Å². The SMILES string of the molecule is CC(=O)OCCCn1c(=O)n2nccc2c2ccccc21. The van der Waals surface area contributed by atoms with Gasteiger partial charge in [-0.25, -0.2) is 4.79 Å². The van der Waals surface area contributed by atoms with Crippen molar-refractivity contribution in [1.82, 2.24) is 14.2 Å². The first-order valence-electron chi connectivity index (χ1n) is 6.77. The number of aromatic nitrogens is 3. The Morgan fingerprint density at radius 2 is 2.05 bits per heavy atom. The maximum absolute atomic E-state index is 12.5. The van der Waals surface area contributed by atoms with E-state index >= 15 is 0 Å². The fourth-order valence-corrected chi connectivity index (χ4v) is 2.46. The van der Waals surface area contributed by atoms with Crippen LogP contribution in [0.1, 0.15) is 13.3 Å². The molecule has 0 unspecified atom stereocenters. The van der Waals surface area contributed by atoms with Crippen LogP contribution in [0.2, 0.25) is 0 Å². The first kappa shape index (κ1) is 13.4. The topological polar surface area (TPSA) is 65.6 Å². The van der Waals surface area contributed by atoms with Crippen molar-refractivity contribution in [2.45, 2.75) is 19.9 Å². The number of aryl methyl sites for hydroxylation is 1. The minimum absolute atomic E-state index is 0.184. The van der Waals surface area contributed by atoms with E-state index in [1.165, 1.54) is 11.4 Å². The maximum atomic E-state index is 12.5. The van der Waals surface area contributed by atoms with Crippen LogP contribution >= 0.6 is 0 Å². The molecule has 0 amide bonds. The van der Waals surface area contributed by atoms with Crippen molar-refractivity contribution in [2.24, 2.45) is 0 Å². The minimum atomic E-state index is -0.310. The zero-order valence-electron chi connectivity index (χ0n) is 11.7.